The first kappa shape index (κ1) is 22.3. The number of amides is 1. The molecule has 0 aliphatic heterocycles. The molecule has 8 heteroatoms. The van der Waals surface area contributed by atoms with Crippen molar-refractivity contribution in [3.05, 3.63) is 82.4 Å². The van der Waals surface area contributed by atoms with Crippen LogP contribution in [0.5, 0.6) is 0 Å². The van der Waals surface area contributed by atoms with Gasteiger partial charge in [0.1, 0.15) is 10.3 Å². The number of aliphatic hydroxyl groups is 1. The van der Waals surface area contributed by atoms with Crippen LogP contribution in [0.3, 0.4) is 0 Å². The number of para-hydroxylation sites is 1. The van der Waals surface area contributed by atoms with Crippen LogP contribution in [0.25, 0.3) is 22.2 Å². The number of rotatable bonds is 6. The minimum Gasteiger partial charge on any atom is -0.394 e. The highest BCUT2D eigenvalue weighted by atomic mass is 35.5. The molecule has 0 unspecified atom stereocenters. The van der Waals surface area contributed by atoms with Gasteiger partial charge in [-0.15, -0.1) is 0 Å². The maximum absolute atomic E-state index is 13.5. The second kappa shape index (κ2) is 9.28. The maximum Gasteiger partial charge on any atom is 0.310 e. The Hall–Kier alpha value is -2.93. The van der Waals surface area contributed by atoms with E-state index in [9.17, 15) is 9.90 Å². The van der Waals surface area contributed by atoms with Gasteiger partial charge in [-0.3, -0.25) is 4.79 Å². The minimum absolute atomic E-state index is 0.0296. The molecule has 0 aliphatic rings. The SMILES string of the molecule is CC(C)c1cccc(-c2cc3ccccc3n2N(CCO)C(=O)c2nc(Cl)cc(Cl)n2)c1. The molecule has 0 spiro atoms. The summed E-state index contributed by atoms with van der Waals surface area (Å²) in [7, 11) is 0. The third-order valence-corrected chi connectivity index (χ3v) is 5.56. The van der Waals surface area contributed by atoms with Gasteiger partial charge in [0.05, 0.1) is 24.4 Å². The summed E-state index contributed by atoms with van der Waals surface area (Å²) in [6.07, 6.45) is 0. The van der Waals surface area contributed by atoms with Gasteiger partial charge < -0.3 is 5.11 Å². The van der Waals surface area contributed by atoms with Gasteiger partial charge in [-0.05, 0) is 29.7 Å². The summed E-state index contributed by atoms with van der Waals surface area (Å²) in [4.78, 5) is 21.6. The molecule has 0 fully saturated rings. The predicted octanol–water partition coefficient (Wildman–Crippen LogP) is 5.30. The standard InChI is InChI=1S/C24H22Cl2N4O2/c1-15(2)16-7-5-8-17(12-16)20-13-18-6-3-4-9-19(18)30(20)29(10-11-31)24(32)23-27-21(25)14-22(26)28-23/h3-9,12-15,31H,10-11H2,1-2H3. The third kappa shape index (κ3) is 4.35. The summed E-state index contributed by atoms with van der Waals surface area (Å²) in [6.45, 7) is 4.05. The van der Waals surface area contributed by atoms with Crippen LogP contribution in [-0.2, 0) is 0 Å². The largest absolute Gasteiger partial charge is 0.394 e. The predicted molar refractivity (Wildman–Crippen MR) is 128 cm³/mol. The zero-order valence-electron chi connectivity index (χ0n) is 17.7. The second-order valence-corrected chi connectivity index (χ2v) is 8.44. The monoisotopic (exact) mass is 468 g/mol. The van der Waals surface area contributed by atoms with Crippen LogP contribution in [0.4, 0.5) is 0 Å². The number of aliphatic hydroxyl groups excluding tert-OH is 1. The molecule has 4 rings (SSSR count). The van der Waals surface area contributed by atoms with E-state index in [0.29, 0.717) is 5.92 Å². The number of halogens is 2. The molecule has 0 aliphatic carbocycles. The summed E-state index contributed by atoms with van der Waals surface area (Å²) >= 11 is 12.0. The molecule has 2 aromatic heterocycles. The van der Waals surface area contributed by atoms with Crippen LogP contribution in [0, 0.1) is 0 Å². The number of carbonyl (C=O) groups excluding carboxylic acids is 1. The number of benzene rings is 2. The normalized spacial score (nSPS) is 11.3. The van der Waals surface area contributed by atoms with Crippen LogP contribution in [0.15, 0.2) is 60.7 Å². The van der Waals surface area contributed by atoms with Crippen LogP contribution >= 0.6 is 23.2 Å². The summed E-state index contributed by atoms with van der Waals surface area (Å²) in [5, 5.41) is 12.3. The summed E-state index contributed by atoms with van der Waals surface area (Å²) in [5.74, 6) is -0.313. The minimum atomic E-state index is -0.522. The van der Waals surface area contributed by atoms with Crippen molar-refractivity contribution in [2.45, 2.75) is 19.8 Å². The van der Waals surface area contributed by atoms with Crippen molar-refractivity contribution in [1.29, 1.82) is 0 Å². The highest BCUT2D eigenvalue weighted by molar-refractivity contribution is 6.33. The molecular weight excluding hydrogens is 447 g/mol. The third-order valence-electron chi connectivity index (χ3n) is 5.18. The van der Waals surface area contributed by atoms with Gasteiger partial charge in [0.2, 0.25) is 5.82 Å². The lowest BCUT2D eigenvalue weighted by Crippen LogP contribution is -2.43. The fraction of sp³-hybridized carbons (Fsp3) is 0.208. The lowest BCUT2D eigenvalue weighted by molar-refractivity contribution is 0.0942. The molecule has 164 valence electrons. The van der Waals surface area contributed by atoms with Crippen molar-refractivity contribution < 1.29 is 9.90 Å². The van der Waals surface area contributed by atoms with Crippen molar-refractivity contribution >= 4 is 40.0 Å². The zero-order valence-corrected chi connectivity index (χ0v) is 19.2. The Morgan fingerprint density at radius 3 is 2.44 bits per heavy atom. The van der Waals surface area contributed by atoms with E-state index in [1.54, 1.807) is 4.68 Å². The molecule has 2 heterocycles. The van der Waals surface area contributed by atoms with Crippen LogP contribution in [0.2, 0.25) is 10.3 Å². The highest BCUT2D eigenvalue weighted by Gasteiger charge is 2.25. The zero-order chi connectivity index (χ0) is 22.8. The van der Waals surface area contributed by atoms with Gasteiger partial charge in [0, 0.05) is 17.0 Å². The average Bonchev–Trinajstić information content (AvgIpc) is 3.16. The Labute approximate surface area is 196 Å². The van der Waals surface area contributed by atoms with E-state index in [4.69, 9.17) is 23.2 Å². The molecular formula is C24H22Cl2N4O2. The lowest BCUT2D eigenvalue weighted by atomic mass is 10.00. The Morgan fingerprint density at radius 2 is 1.75 bits per heavy atom. The number of carbonyl (C=O) groups is 1. The van der Waals surface area contributed by atoms with Gasteiger partial charge in [-0.25, -0.2) is 19.7 Å². The fourth-order valence-electron chi connectivity index (χ4n) is 3.65. The summed E-state index contributed by atoms with van der Waals surface area (Å²) < 4.78 is 1.80. The second-order valence-electron chi connectivity index (χ2n) is 7.67. The maximum atomic E-state index is 13.5. The van der Waals surface area contributed by atoms with E-state index < -0.39 is 5.91 Å². The molecule has 0 saturated carbocycles. The van der Waals surface area contributed by atoms with Gasteiger partial charge in [-0.2, -0.15) is 0 Å². The molecule has 4 aromatic rings. The number of hydrogen-bond acceptors (Lipinski definition) is 4. The average molecular weight is 469 g/mol. The molecule has 0 radical (unpaired) electrons. The van der Waals surface area contributed by atoms with Crippen molar-refractivity contribution in [2.75, 3.05) is 18.2 Å². The Kier molecular flexibility index (Phi) is 6.46. The van der Waals surface area contributed by atoms with E-state index in [-0.39, 0.29) is 29.3 Å². The van der Waals surface area contributed by atoms with Crippen LogP contribution < -0.4 is 5.01 Å². The Balaban J connectivity index is 1.93. The number of aromatic nitrogens is 3. The van der Waals surface area contributed by atoms with Crippen LogP contribution in [-0.4, -0.2) is 38.8 Å². The first-order valence-electron chi connectivity index (χ1n) is 10.2. The summed E-state index contributed by atoms with van der Waals surface area (Å²) in [6, 6.07) is 19.4. The van der Waals surface area contributed by atoms with E-state index >= 15 is 0 Å². The fourth-order valence-corrected chi connectivity index (χ4v) is 4.07. The Bertz CT molecular complexity index is 1270. The molecule has 1 amide bonds. The smallest absolute Gasteiger partial charge is 0.310 e. The molecule has 0 bridgehead atoms. The van der Waals surface area contributed by atoms with Crippen LogP contribution in [0.1, 0.15) is 35.9 Å². The van der Waals surface area contributed by atoms with E-state index in [0.717, 1.165) is 22.2 Å². The van der Waals surface area contributed by atoms with Crippen molar-refractivity contribution in [2.24, 2.45) is 0 Å². The molecule has 0 saturated heterocycles. The topological polar surface area (TPSA) is 71.2 Å². The van der Waals surface area contributed by atoms with E-state index in [2.05, 4.69) is 35.9 Å². The van der Waals surface area contributed by atoms with Gasteiger partial charge in [0.25, 0.3) is 0 Å². The molecule has 32 heavy (non-hydrogen) atoms. The quantitative estimate of drug-likeness (QED) is 0.389. The highest BCUT2D eigenvalue weighted by Crippen LogP contribution is 2.31. The summed E-state index contributed by atoms with van der Waals surface area (Å²) in [5.41, 5.74) is 3.76. The lowest BCUT2D eigenvalue weighted by Gasteiger charge is -2.26. The first-order valence-corrected chi connectivity index (χ1v) is 11.0. The van der Waals surface area contributed by atoms with Gasteiger partial charge >= 0.3 is 5.91 Å². The molecule has 1 N–H and O–H groups in total. The van der Waals surface area contributed by atoms with Crippen molar-refractivity contribution in [1.82, 2.24) is 14.6 Å². The first-order chi connectivity index (χ1) is 15.4. The molecule has 2 aromatic carbocycles. The van der Waals surface area contributed by atoms with Gasteiger partial charge in [-0.1, -0.05) is 73.4 Å². The van der Waals surface area contributed by atoms with Gasteiger partial charge in [0.15, 0.2) is 0 Å². The van der Waals surface area contributed by atoms with Crippen molar-refractivity contribution in [3.63, 3.8) is 0 Å². The number of fused-ring (bicyclic) bond motifs is 1. The Morgan fingerprint density at radius 1 is 1.03 bits per heavy atom. The van der Waals surface area contributed by atoms with Crippen molar-refractivity contribution in [3.8, 4) is 11.3 Å². The van der Waals surface area contributed by atoms with E-state index in [1.807, 2.05) is 42.5 Å². The number of hydrogen-bond donors (Lipinski definition) is 1. The molecule has 0 atom stereocenters. The number of nitrogens with zero attached hydrogens (tertiary/aromatic N) is 4. The molecule has 6 nitrogen and oxygen atoms in total. The van der Waals surface area contributed by atoms with E-state index in [1.165, 1.54) is 16.6 Å².